The van der Waals surface area contributed by atoms with E-state index in [2.05, 4.69) is 4.74 Å². The van der Waals surface area contributed by atoms with E-state index in [-0.39, 0.29) is 25.7 Å². The van der Waals surface area contributed by atoms with Gasteiger partial charge in [0, 0.05) is 0 Å². The molecule has 2 aliphatic rings. The summed E-state index contributed by atoms with van der Waals surface area (Å²) in [4.78, 5) is 0. The van der Waals surface area contributed by atoms with Gasteiger partial charge in [0.2, 0.25) is 0 Å². The van der Waals surface area contributed by atoms with Gasteiger partial charge in [0.15, 0.2) is 0 Å². The largest absolute Gasteiger partial charge is 0.362 e. The Labute approximate surface area is 111 Å². The minimum atomic E-state index is -3.69. The molecule has 2 fully saturated rings. The van der Waals surface area contributed by atoms with E-state index in [0.29, 0.717) is 25.7 Å². The van der Waals surface area contributed by atoms with Crippen LogP contribution in [0, 0.1) is 11.8 Å². The summed E-state index contributed by atoms with van der Waals surface area (Å²) in [5, 5.41) is 0. The van der Waals surface area contributed by atoms with Crippen molar-refractivity contribution < 1.29 is 22.3 Å². The number of alkyl halides is 4. The molecule has 0 saturated heterocycles. The Morgan fingerprint density at radius 3 is 1.21 bits per heavy atom. The van der Waals surface area contributed by atoms with E-state index in [9.17, 15) is 17.6 Å². The first-order valence-corrected chi connectivity index (χ1v) is 7.37. The van der Waals surface area contributed by atoms with Gasteiger partial charge in [-0.1, -0.05) is 38.5 Å². The van der Waals surface area contributed by atoms with Gasteiger partial charge >= 0.3 is 12.2 Å². The Morgan fingerprint density at radius 1 is 0.579 bits per heavy atom. The summed E-state index contributed by atoms with van der Waals surface area (Å²) in [6.45, 7) is 0. The fraction of sp³-hybridized carbons (Fsp3) is 1.00. The van der Waals surface area contributed by atoms with Gasteiger partial charge in [-0.3, -0.25) is 4.74 Å². The molecular formula is C14H22F4O. The molecule has 19 heavy (non-hydrogen) atoms. The summed E-state index contributed by atoms with van der Waals surface area (Å²) >= 11 is 0. The fourth-order valence-electron chi connectivity index (χ4n) is 3.23. The van der Waals surface area contributed by atoms with Crippen LogP contribution < -0.4 is 0 Å². The number of halogens is 4. The molecule has 0 aromatic rings. The summed E-state index contributed by atoms with van der Waals surface area (Å²) in [6.07, 6.45) is -1.71. The third-order valence-electron chi connectivity index (χ3n) is 4.43. The summed E-state index contributed by atoms with van der Waals surface area (Å²) < 4.78 is 59.5. The van der Waals surface area contributed by atoms with Gasteiger partial charge in [0.1, 0.15) is 0 Å². The van der Waals surface area contributed by atoms with Gasteiger partial charge in [0.25, 0.3) is 0 Å². The molecule has 0 amide bonds. The van der Waals surface area contributed by atoms with Crippen molar-refractivity contribution >= 4 is 0 Å². The maximum Gasteiger partial charge on any atom is 0.362 e. The maximum absolute atomic E-state index is 13.9. The molecule has 2 saturated carbocycles. The van der Waals surface area contributed by atoms with Crippen LogP contribution >= 0.6 is 0 Å². The van der Waals surface area contributed by atoms with Gasteiger partial charge in [-0.15, -0.1) is 0 Å². The standard InChI is InChI=1S/C14H22F4O/c15-13(16,11-7-3-1-4-8-11)19-14(17,18)12-9-5-2-6-10-12/h11-12H,1-10H2. The zero-order valence-corrected chi connectivity index (χ0v) is 11.1. The van der Waals surface area contributed by atoms with Gasteiger partial charge in [0.05, 0.1) is 11.8 Å². The van der Waals surface area contributed by atoms with Crippen LogP contribution in [0.5, 0.6) is 0 Å². The minimum absolute atomic E-state index is 0.285. The van der Waals surface area contributed by atoms with Crippen molar-refractivity contribution in [2.24, 2.45) is 11.8 Å². The van der Waals surface area contributed by atoms with E-state index in [4.69, 9.17) is 0 Å². The highest BCUT2D eigenvalue weighted by atomic mass is 19.3. The molecule has 0 spiro atoms. The lowest BCUT2D eigenvalue weighted by molar-refractivity contribution is -0.410. The number of rotatable bonds is 4. The lowest BCUT2D eigenvalue weighted by Crippen LogP contribution is -2.44. The van der Waals surface area contributed by atoms with Crippen molar-refractivity contribution in [2.45, 2.75) is 76.4 Å². The number of hydrogen-bond acceptors (Lipinski definition) is 1. The second-order valence-electron chi connectivity index (χ2n) is 5.90. The van der Waals surface area contributed by atoms with E-state index in [1.54, 1.807) is 0 Å². The van der Waals surface area contributed by atoms with Crippen molar-refractivity contribution in [3.05, 3.63) is 0 Å². The van der Waals surface area contributed by atoms with Crippen LogP contribution in [0.25, 0.3) is 0 Å². The molecule has 2 aliphatic carbocycles. The molecule has 0 aliphatic heterocycles. The van der Waals surface area contributed by atoms with E-state index < -0.39 is 24.1 Å². The number of hydrogen-bond donors (Lipinski definition) is 0. The van der Waals surface area contributed by atoms with Crippen LogP contribution in [-0.4, -0.2) is 12.2 Å². The van der Waals surface area contributed by atoms with Crippen LogP contribution in [0.1, 0.15) is 64.2 Å². The summed E-state index contributed by atoms with van der Waals surface area (Å²) in [5.41, 5.74) is 0. The average Bonchev–Trinajstić information content (AvgIpc) is 2.40. The van der Waals surface area contributed by atoms with Crippen LogP contribution in [-0.2, 0) is 4.74 Å². The number of ether oxygens (including phenoxy) is 1. The smallest absolute Gasteiger partial charge is 0.255 e. The van der Waals surface area contributed by atoms with Crippen molar-refractivity contribution in [1.82, 2.24) is 0 Å². The van der Waals surface area contributed by atoms with Crippen molar-refractivity contribution in [1.29, 1.82) is 0 Å². The highest BCUT2D eigenvalue weighted by Gasteiger charge is 2.52. The van der Waals surface area contributed by atoms with Crippen LogP contribution in [0.2, 0.25) is 0 Å². The molecule has 0 heterocycles. The quantitative estimate of drug-likeness (QED) is 0.632. The Hall–Kier alpha value is -0.320. The molecule has 112 valence electrons. The second-order valence-corrected chi connectivity index (χ2v) is 5.90. The lowest BCUT2D eigenvalue weighted by Gasteiger charge is -2.36. The highest BCUT2D eigenvalue weighted by Crippen LogP contribution is 2.45. The predicted octanol–water partition coefficient (Wildman–Crippen LogP) is 5.35. The molecule has 0 unspecified atom stereocenters. The van der Waals surface area contributed by atoms with E-state index in [0.717, 1.165) is 12.8 Å². The third-order valence-corrected chi connectivity index (χ3v) is 4.43. The molecule has 0 bridgehead atoms. The Bertz CT molecular complexity index is 253. The third kappa shape index (κ3) is 3.83. The molecule has 0 atom stereocenters. The minimum Gasteiger partial charge on any atom is -0.255 e. The maximum atomic E-state index is 13.9. The SMILES string of the molecule is FC(F)(OC(F)(F)C1CCCCC1)C1CCCCC1. The molecule has 0 radical (unpaired) electrons. The van der Waals surface area contributed by atoms with Gasteiger partial charge in [-0.25, -0.2) is 0 Å². The first-order valence-electron chi connectivity index (χ1n) is 7.37. The summed E-state index contributed by atoms with van der Waals surface area (Å²) in [5.74, 6) is -2.09. The monoisotopic (exact) mass is 282 g/mol. The molecule has 0 N–H and O–H groups in total. The second kappa shape index (κ2) is 5.98. The van der Waals surface area contributed by atoms with Crippen molar-refractivity contribution in [3.8, 4) is 0 Å². The fourth-order valence-corrected chi connectivity index (χ4v) is 3.23. The van der Waals surface area contributed by atoms with Gasteiger partial charge in [-0.05, 0) is 25.7 Å². The Balaban J connectivity index is 1.96. The van der Waals surface area contributed by atoms with Crippen LogP contribution in [0.15, 0.2) is 0 Å². The molecule has 0 aromatic carbocycles. The average molecular weight is 282 g/mol. The van der Waals surface area contributed by atoms with Gasteiger partial charge in [-0.2, -0.15) is 17.6 Å². The Kier molecular flexibility index (Phi) is 4.75. The van der Waals surface area contributed by atoms with E-state index in [1.165, 1.54) is 0 Å². The molecule has 0 aromatic heterocycles. The van der Waals surface area contributed by atoms with Crippen LogP contribution in [0.3, 0.4) is 0 Å². The molecule has 1 nitrogen and oxygen atoms in total. The normalized spacial score (nSPS) is 24.6. The lowest BCUT2D eigenvalue weighted by atomic mass is 9.87. The van der Waals surface area contributed by atoms with Crippen molar-refractivity contribution in [2.75, 3.05) is 0 Å². The van der Waals surface area contributed by atoms with Crippen LogP contribution in [0.4, 0.5) is 17.6 Å². The zero-order chi connectivity index (χ0) is 13.9. The van der Waals surface area contributed by atoms with E-state index >= 15 is 0 Å². The highest BCUT2D eigenvalue weighted by molar-refractivity contribution is 4.79. The topological polar surface area (TPSA) is 9.23 Å². The molecule has 2 rings (SSSR count). The van der Waals surface area contributed by atoms with E-state index in [1.807, 2.05) is 0 Å². The first-order chi connectivity index (χ1) is 8.92. The molecular weight excluding hydrogens is 260 g/mol. The summed E-state index contributed by atoms with van der Waals surface area (Å²) in [7, 11) is 0. The zero-order valence-electron chi connectivity index (χ0n) is 11.1. The van der Waals surface area contributed by atoms with Gasteiger partial charge < -0.3 is 0 Å². The molecule has 5 heteroatoms. The van der Waals surface area contributed by atoms with Crippen molar-refractivity contribution in [3.63, 3.8) is 0 Å². The Morgan fingerprint density at radius 2 is 0.895 bits per heavy atom. The predicted molar refractivity (Wildman–Crippen MR) is 64.1 cm³/mol. The summed E-state index contributed by atoms with van der Waals surface area (Å²) in [6, 6.07) is 0. The first kappa shape index (κ1) is 15.1.